The summed E-state index contributed by atoms with van der Waals surface area (Å²) in [6, 6.07) is 0. The van der Waals surface area contributed by atoms with Crippen LogP contribution in [0.3, 0.4) is 0 Å². The van der Waals surface area contributed by atoms with Crippen molar-refractivity contribution in [2.24, 2.45) is 40.4 Å². The van der Waals surface area contributed by atoms with Gasteiger partial charge in [-0.2, -0.15) is 0 Å². The molecule has 2 N–H and O–H groups in total. The average molecular weight is 381 g/mol. The van der Waals surface area contributed by atoms with Crippen molar-refractivity contribution in [2.45, 2.75) is 96.8 Å². The maximum Gasteiger partial charge on any atom is 0.303 e. The van der Waals surface area contributed by atoms with E-state index in [9.17, 15) is 9.90 Å². The van der Waals surface area contributed by atoms with E-state index in [-0.39, 0.29) is 29.1 Å². The van der Waals surface area contributed by atoms with Crippen LogP contribution in [0, 0.1) is 40.4 Å². The minimum absolute atomic E-state index is 0.0413. The predicted molar refractivity (Wildman–Crippen MR) is 103 cm³/mol. The van der Waals surface area contributed by atoms with Crippen molar-refractivity contribution in [1.29, 1.82) is 0 Å². The van der Waals surface area contributed by atoms with Crippen LogP contribution in [0.5, 0.6) is 0 Å². The molecule has 0 aromatic heterocycles. The number of aliphatic hydroxyl groups is 1. The Hall–Kier alpha value is -0.640. The van der Waals surface area contributed by atoms with E-state index in [4.69, 9.17) is 5.11 Å². The molecule has 9 atom stereocenters. The summed E-state index contributed by atoms with van der Waals surface area (Å²) in [6.45, 7) is 4.69. The van der Waals surface area contributed by atoms with Crippen LogP contribution in [0.2, 0.25) is 0 Å². The van der Waals surface area contributed by atoms with Gasteiger partial charge < -0.3 is 10.2 Å². The monoisotopic (exact) mass is 380 g/mol. The maximum atomic E-state index is 15.4. The first-order valence-electron chi connectivity index (χ1n) is 11.3. The standard InChI is InChI=1S/C23H37FO3/c1-22-13-11-16-19(15(22)10-9-14(22)6-5-8-18(25)26)21(27)20(24)17-7-3-4-12-23(16,17)2/h14-17,19-21,27H,3-13H2,1-2H3,(H,25,26)/t14-,15?,16?,17?,19?,20+,21+,22+,23+/m0/s1. The number of hydrogen-bond donors (Lipinski definition) is 2. The van der Waals surface area contributed by atoms with Gasteiger partial charge in [0, 0.05) is 6.42 Å². The average Bonchev–Trinajstić information content (AvgIpc) is 2.95. The highest BCUT2D eigenvalue weighted by Gasteiger charge is 2.64. The Morgan fingerprint density at radius 1 is 1.00 bits per heavy atom. The minimum Gasteiger partial charge on any atom is -0.481 e. The number of aliphatic carboxylic acids is 1. The van der Waals surface area contributed by atoms with E-state index in [0.29, 0.717) is 17.8 Å². The summed E-state index contributed by atoms with van der Waals surface area (Å²) < 4.78 is 15.4. The molecule has 0 spiro atoms. The fraction of sp³-hybridized carbons (Fsp3) is 0.957. The number of halogens is 1. The fourth-order valence-corrected chi connectivity index (χ4v) is 8.34. The smallest absolute Gasteiger partial charge is 0.303 e. The molecular weight excluding hydrogens is 343 g/mol. The summed E-state index contributed by atoms with van der Waals surface area (Å²) in [5.74, 6) is 0.824. The molecule has 0 aromatic carbocycles. The molecule has 4 aliphatic carbocycles. The molecule has 27 heavy (non-hydrogen) atoms. The van der Waals surface area contributed by atoms with Crippen molar-refractivity contribution in [1.82, 2.24) is 0 Å². The first-order valence-corrected chi connectivity index (χ1v) is 11.3. The first kappa shape index (κ1) is 19.7. The van der Waals surface area contributed by atoms with E-state index >= 15 is 4.39 Å². The molecule has 4 rings (SSSR count). The van der Waals surface area contributed by atoms with Gasteiger partial charge in [-0.15, -0.1) is 0 Å². The van der Waals surface area contributed by atoms with Gasteiger partial charge in [-0.25, -0.2) is 4.39 Å². The minimum atomic E-state index is -1.06. The molecule has 0 radical (unpaired) electrons. The fourth-order valence-electron chi connectivity index (χ4n) is 8.34. The summed E-state index contributed by atoms with van der Waals surface area (Å²) in [5, 5.41) is 20.0. The summed E-state index contributed by atoms with van der Waals surface area (Å²) in [4.78, 5) is 10.9. The number of carboxylic acids is 1. The van der Waals surface area contributed by atoms with Crippen LogP contribution in [-0.4, -0.2) is 28.5 Å². The number of fused-ring (bicyclic) bond motifs is 5. The number of rotatable bonds is 4. The van der Waals surface area contributed by atoms with E-state index in [1.165, 1.54) is 12.8 Å². The van der Waals surface area contributed by atoms with Gasteiger partial charge in [0.15, 0.2) is 0 Å². The lowest BCUT2D eigenvalue weighted by molar-refractivity contribution is -0.196. The SMILES string of the molecule is C[C@]12CCCCC1[C@@H](F)[C@H](O)C1C2CC[C@@]2(C)C1CC[C@@H]2CCCC(=O)O. The third kappa shape index (κ3) is 2.96. The number of alkyl halides is 1. The van der Waals surface area contributed by atoms with E-state index < -0.39 is 18.2 Å². The summed E-state index contributed by atoms with van der Waals surface area (Å²) in [7, 11) is 0. The Balaban J connectivity index is 1.57. The highest BCUT2D eigenvalue weighted by atomic mass is 19.1. The Morgan fingerprint density at radius 3 is 2.48 bits per heavy atom. The second kappa shape index (κ2) is 7.00. The number of carbonyl (C=O) groups is 1. The molecule has 4 aliphatic rings. The van der Waals surface area contributed by atoms with Gasteiger partial charge in [-0.05, 0) is 91.8 Å². The Kier molecular flexibility index (Phi) is 5.10. The Bertz CT molecular complexity index is 580. The topological polar surface area (TPSA) is 57.5 Å². The lowest BCUT2D eigenvalue weighted by Crippen LogP contribution is -2.62. The zero-order chi connectivity index (χ0) is 19.4. The Morgan fingerprint density at radius 2 is 1.74 bits per heavy atom. The zero-order valence-corrected chi connectivity index (χ0v) is 17.0. The van der Waals surface area contributed by atoms with Crippen molar-refractivity contribution in [3.63, 3.8) is 0 Å². The van der Waals surface area contributed by atoms with Crippen LogP contribution < -0.4 is 0 Å². The molecular formula is C23H37FO3. The van der Waals surface area contributed by atoms with Gasteiger partial charge in [0.2, 0.25) is 0 Å². The zero-order valence-electron chi connectivity index (χ0n) is 17.0. The largest absolute Gasteiger partial charge is 0.481 e. The molecule has 4 fully saturated rings. The van der Waals surface area contributed by atoms with E-state index in [2.05, 4.69) is 13.8 Å². The second-order valence-electron chi connectivity index (χ2n) is 10.7. The van der Waals surface area contributed by atoms with Crippen molar-refractivity contribution in [2.75, 3.05) is 0 Å². The molecule has 3 nitrogen and oxygen atoms in total. The molecule has 4 heteroatoms. The molecule has 4 unspecified atom stereocenters. The van der Waals surface area contributed by atoms with Crippen molar-refractivity contribution in [3.8, 4) is 0 Å². The highest BCUT2D eigenvalue weighted by molar-refractivity contribution is 5.66. The summed E-state index contributed by atoms with van der Waals surface area (Å²) in [6.07, 6.45) is 8.96. The van der Waals surface area contributed by atoms with Gasteiger partial charge in [0.1, 0.15) is 6.17 Å². The molecule has 0 aliphatic heterocycles. The van der Waals surface area contributed by atoms with E-state index in [1.807, 2.05) is 0 Å². The molecule has 0 amide bonds. The van der Waals surface area contributed by atoms with Crippen LogP contribution >= 0.6 is 0 Å². The van der Waals surface area contributed by atoms with E-state index in [1.54, 1.807) is 0 Å². The van der Waals surface area contributed by atoms with E-state index in [0.717, 1.165) is 51.4 Å². The predicted octanol–water partition coefficient (Wildman–Crippen LogP) is 5.21. The first-order chi connectivity index (χ1) is 12.8. The molecule has 0 heterocycles. The number of aliphatic hydroxyl groups excluding tert-OH is 1. The van der Waals surface area contributed by atoms with Gasteiger partial charge in [-0.3, -0.25) is 4.79 Å². The Labute approximate surface area is 163 Å². The van der Waals surface area contributed by atoms with Crippen molar-refractivity contribution >= 4 is 5.97 Å². The van der Waals surface area contributed by atoms with Crippen LogP contribution in [0.1, 0.15) is 84.5 Å². The van der Waals surface area contributed by atoms with Gasteiger partial charge in [-0.1, -0.05) is 26.7 Å². The third-order valence-corrected chi connectivity index (χ3v) is 9.75. The molecule has 0 bridgehead atoms. The van der Waals surface area contributed by atoms with Crippen LogP contribution in [0.25, 0.3) is 0 Å². The molecule has 0 aromatic rings. The number of carboxylic acid groups (broad SMARTS) is 1. The molecule has 4 saturated carbocycles. The summed E-state index contributed by atoms with van der Waals surface area (Å²) >= 11 is 0. The van der Waals surface area contributed by atoms with Gasteiger partial charge in [0.25, 0.3) is 0 Å². The molecule has 154 valence electrons. The normalized spacial score (nSPS) is 51.9. The third-order valence-electron chi connectivity index (χ3n) is 9.75. The van der Waals surface area contributed by atoms with Crippen LogP contribution in [0.4, 0.5) is 4.39 Å². The van der Waals surface area contributed by atoms with Gasteiger partial charge >= 0.3 is 5.97 Å². The lowest BCUT2D eigenvalue weighted by Gasteiger charge is -2.62. The van der Waals surface area contributed by atoms with Gasteiger partial charge in [0.05, 0.1) is 6.10 Å². The highest BCUT2D eigenvalue weighted by Crippen LogP contribution is 2.68. The number of hydrogen-bond acceptors (Lipinski definition) is 2. The van der Waals surface area contributed by atoms with Crippen molar-refractivity contribution < 1.29 is 19.4 Å². The quantitative estimate of drug-likeness (QED) is 0.704. The molecule has 0 saturated heterocycles. The van der Waals surface area contributed by atoms with Crippen LogP contribution in [0.15, 0.2) is 0 Å². The second-order valence-corrected chi connectivity index (χ2v) is 10.7. The van der Waals surface area contributed by atoms with Crippen molar-refractivity contribution in [3.05, 3.63) is 0 Å². The summed E-state index contributed by atoms with van der Waals surface area (Å²) in [5.41, 5.74) is 0.211. The van der Waals surface area contributed by atoms with Crippen LogP contribution in [-0.2, 0) is 4.79 Å². The maximum absolute atomic E-state index is 15.4. The lowest BCUT2D eigenvalue weighted by atomic mass is 9.43.